The van der Waals surface area contributed by atoms with Crippen LogP contribution in [0.15, 0.2) is 27.9 Å². The van der Waals surface area contributed by atoms with Gasteiger partial charge in [0.05, 0.1) is 6.26 Å². The summed E-state index contributed by atoms with van der Waals surface area (Å²) in [7, 11) is 0. The second-order valence-corrected chi connectivity index (χ2v) is 2.76. The molecule has 76 valence electrons. The fourth-order valence-corrected chi connectivity index (χ4v) is 1.04. The monoisotopic (exact) mass is 195 g/mol. The van der Waals surface area contributed by atoms with E-state index in [1.54, 1.807) is 18.4 Å². The lowest BCUT2D eigenvalue weighted by molar-refractivity contribution is 0.249. The van der Waals surface area contributed by atoms with Gasteiger partial charge in [-0.15, -0.1) is 0 Å². The Hall–Kier alpha value is -1.78. The Morgan fingerprint density at radius 3 is 3.00 bits per heavy atom. The van der Waals surface area contributed by atoms with Crippen LogP contribution in [-0.4, -0.2) is 11.7 Å². The van der Waals surface area contributed by atoms with Crippen molar-refractivity contribution in [1.82, 2.24) is 5.43 Å². The van der Waals surface area contributed by atoms with Gasteiger partial charge in [-0.1, -0.05) is 13.3 Å². The Bertz CT molecular complexity index is 317. The molecule has 3 N–H and O–H groups in total. The number of nitrogens with one attached hydrogen (secondary N) is 1. The Labute approximate surface area is 82.0 Å². The van der Waals surface area contributed by atoms with Crippen molar-refractivity contribution < 1.29 is 9.21 Å². The number of primary amides is 1. The minimum absolute atomic E-state index is 0.653. The second-order valence-electron chi connectivity index (χ2n) is 2.76. The van der Waals surface area contributed by atoms with Crippen molar-refractivity contribution in [2.75, 3.05) is 0 Å². The van der Waals surface area contributed by atoms with E-state index in [4.69, 9.17) is 10.2 Å². The Kier molecular flexibility index (Phi) is 3.72. The molecule has 0 saturated carbocycles. The van der Waals surface area contributed by atoms with E-state index in [1.807, 2.05) is 6.92 Å². The molecule has 0 aromatic carbocycles. The normalized spacial score (nSPS) is 11.4. The van der Waals surface area contributed by atoms with Gasteiger partial charge in [-0.05, 0) is 18.6 Å². The molecule has 0 unspecified atom stereocenters. The van der Waals surface area contributed by atoms with E-state index in [0.29, 0.717) is 11.5 Å². The first kappa shape index (κ1) is 10.3. The van der Waals surface area contributed by atoms with Crippen LogP contribution < -0.4 is 11.2 Å². The second kappa shape index (κ2) is 5.06. The van der Waals surface area contributed by atoms with Crippen LogP contribution in [0.1, 0.15) is 25.5 Å². The average Bonchev–Trinajstić information content (AvgIpc) is 2.64. The zero-order chi connectivity index (χ0) is 10.4. The van der Waals surface area contributed by atoms with Crippen molar-refractivity contribution in [2.45, 2.75) is 19.8 Å². The summed E-state index contributed by atoms with van der Waals surface area (Å²) in [5.41, 5.74) is 7.78. The summed E-state index contributed by atoms with van der Waals surface area (Å²) < 4.78 is 5.16. The highest BCUT2D eigenvalue weighted by Crippen LogP contribution is 2.06. The lowest BCUT2D eigenvalue weighted by Gasteiger charge is -2.00. The van der Waals surface area contributed by atoms with E-state index in [-0.39, 0.29) is 0 Å². The van der Waals surface area contributed by atoms with Gasteiger partial charge in [0.1, 0.15) is 11.5 Å². The first-order valence-corrected chi connectivity index (χ1v) is 4.40. The van der Waals surface area contributed by atoms with Gasteiger partial charge in [0.25, 0.3) is 0 Å². The first-order chi connectivity index (χ1) is 6.74. The Morgan fingerprint density at radius 2 is 2.50 bits per heavy atom. The molecule has 0 atom stereocenters. The summed E-state index contributed by atoms with van der Waals surface area (Å²) in [5, 5.41) is 3.85. The van der Waals surface area contributed by atoms with E-state index in [1.165, 1.54) is 0 Å². The maximum absolute atomic E-state index is 10.5. The number of amides is 2. The van der Waals surface area contributed by atoms with Gasteiger partial charge >= 0.3 is 6.03 Å². The van der Waals surface area contributed by atoms with Crippen molar-refractivity contribution in [3.8, 4) is 0 Å². The molecule has 14 heavy (non-hydrogen) atoms. The van der Waals surface area contributed by atoms with Crippen LogP contribution in [0.4, 0.5) is 4.79 Å². The maximum atomic E-state index is 10.5. The lowest BCUT2D eigenvalue weighted by atomic mass is 10.2. The quantitative estimate of drug-likeness (QED) is 0.563. The van der Waals surface area contributed by atoms with Crippen LogP contribution in [0.25, 0.3) is 0 Å². The molecule has 0 radical (unpaired) electrons. The smallest absolute Gasteiger partial charge is 0.332 e. The average molecular weight is 195 g/mol. The van der Waals surface area contributed by atoms with Gasteiger partial charge in [-0.25, -0.2) is 10.2 Å². The zero-order valence-electron chi connectivity index (χ0n) is 7.99. The number of hydrogen-bond acceptors (Lipinski definition) is 3. The summed E-state index contributed by atoms with van der Waals surface area (Å²) in [6.07, 6.45) is 3.21. The lowest BCUT2D eigenvalue weighted by Crippen LogP contribution is -2.25. The highest BCUT2D eigenvalue weighted by Gasteiger charge is 2.05. The number of nitrogens with two attached hydrogens (primary N) is 1. The summed E-state index contributed by atoms with van der Waals surface area (Å²) in [4.78, 5) is 10.5. The van der Waals surface area contributed by atoms with Crippen LogP contribution in [0.2, 0.25) is 0 Å². The third kappa shape index (κ3) is 2.93. The van der Waals surface area contributed by atoms with Crippen LogP contribution in [0.3, 0.4) is 0 Å². The summed E-state index contributed by atoms with van der Waals surface area (Å²) in [6, 6.07) is 2.88. The largest absolute Gasteiger partial charge is 0.463 e. The third-order valence-electron chi connectivity index (χ3n) is 1.59. The van der Waals surface area contributed by atoms with Gasteiger partial charge in [-0.3, -0.25) is 0 Å². The molecule has 1 heterocycles. The molecule has 1 aromatic heterocycles. The van der Waals surface area contributed by atoms with Gasteiger partial charge < -0.3 is 10.2 Å². The molecular formula is C9H13N3O2. The summed E-state index contributed by atoms with van der Waals surface area (Å²) in [6.45, 7) is 2.02. The van der Waals surface area contributed by atoms with Crippen molar-refractivity contribution >= 4 is 11.7 Å². The first-order valence-electron chi connectivity index (χ1n) is 4.40. The van der Waals surface area contributed by atoms with Crippen LogP contribution in [0, 0.1) is 0 Å². The van der Waals surface area contributed by atoms with Crippen molar-refractivity contribution in [2.24, 2.45) is 10.8 Å². The molecule has 1 rings (SSSR count). The molecule has 2 amide bonds. The number of hydrogen-bond donors (Lipinski definition) is 2. The van der Waals surface area contributed by atoms with Crippen molar-refractivity contribution in [3.05, 3.63) is 24.2 Å². The van der Waals surface area contributed by atoms with Gasteiger partial charge in [0, 0.05) is 0 Å². The van der Waals surface area contributed by atoms with E-state index >= 15 is 0 Å². The molecule has 0 saturated heterocycles. The predicted molar refractivity (Wildman–Crippen MR) is 52.9 cm³/mol. The van der Waals surface area contributed by atoms with Crippen molar-refractivity contribution in [3.63, 3.8) is 0 Å². The topological polar surface area (TPSA) is 80.6 Å². The third-order valence-corrected chi connectivity index (χ3v) is 1.59. The Balaban J connectivity index is 2.74. The fraction of sp³-hybridized carbons (Fsp3) is 0.333. The van der Waals surface area contributed by atoms with Gasteiger partial charge in [0.2, 0.25) is 0 Å². The number of nitrogens with zero attached hydrogens (tertiary/aromatic N) is 1. The SMILES string of the molecule is CCC/C(=N/NC(N)=O)c1ccco1. The van der Waals surface area contributed by atoms with E-state index in [2.05, 4.69) is 10.5 Å². The summed E-state index contributed by atoms with van der Waals surface area (Å²) >= 11 is 0. The molecule has 0 bridgehead atoms. The molecule has 1 aromatic rings. The van der Waals surface area contributed by atoms with Crippen LogP contribution in [-0.2, 0) is 0 Å². The maximum Gasteiger partial charge on any atom is 0.332 e. The minimum Gasteiger partial charge on any atom is -0.463 e. The standard InChI is InChI=1S/C9H13N3O2/c1-2-4-7(11-12-9(10)13)8-5-3-6-14-8/h3,5-6H,2,4H2,1H3,(H3,10,12,13)/b11-7-. The van der Waals surface area contributed by atoms with Gasteiger partial charge in [-0.2, -0.15) is 5.10 Å². The molecule has 0 fully saturated rings. The molecule has 0 aliphatic heterocycles. The highest BCUT2D eigenvalue weighted by atomic mass is 16.3. The summed E-state index contributed by atoms with van der Waals surface area (Å²) in [5.74, 6) is 0.653. The fourth-order valence-electron chi connectivity index (χ4n) is 1.04. The number of furan rings is 1. The number of carbonyl (C=O) groups excluding carboxylic acids is 1. The number of hydrazone groups is 1. The molecule has 5 nitrogen and oxygen atoms in total. The van der Waals surface area contributed by atoms with Crippen molar-refractivity contribution in [1.29, 1.82) is 0 Å². The molecule has 0 spiro atoms. The van der Waals surface area contributed by atoms with E-state index in [9.17, 15) is 4.79 Å². The molecule has 0 aliphatic carbocycles. The molecule has 5 heteroatoms. The van der Waals surface area contributed by atoms with Crippen LogP contribution >= 0.6 is 0 Å². The molecular weight excluding hydrogens is 182 g/mol. The highest BCUT2D eigenvalue weighted by molar-refractivity contribution is 5.98. The molecule has 0 aliphatic rings. The van der Waals surface area contributed by atoms with E-state index < -0.39 is 6.03 Å². The minimum atomic E-state index is -0.676. The predicted octanol–water partition coefficient (Wildman–Crippen LogP) is 1.45. The number of rotatable bonds is 4. The zero-order valence-corrected chi connectivity index (χ0v) is 7.99. The number of urea groups is 1. The number of carbonyl (C=O) groups is 1. The Morgan fingerprint density at radius 1 is 1.71 bits per heavy atom. The van der Waals surface area contributed by atoms with Crippen LogP contribution in [0.5, 0.6) is 0 Å². The van der Waals surface area contributed by atoms with Gasteiger partial charge in [0.15, 0.2) is 0 Å². The van der Waals surface area contributed by atoms with E-state index in [0.717, 1.165) is 12.8 Å².